The maximum Gasteiger partial charge on any atom is 0.198 e. The molecule has 0 heterocycles. The average molecular weight is 348 g/mol. The van der Waals surface area contributed by atoms with Crippen molar-refractivity contribution >= 4 is 34.5 Å². The topological polar surface area (TPSA) is 38.7 Å². The van der Waals surface area contributed by atoms with E-state index in [0.717, 1.165) is 5.56 Å². The fraction of sp³-hybridized carbons (Fsp3) is 0.222. The van der Waals surface area contributed by atoms with Gasteiger partial charge in [0.1, 0.15) is 0 Å². The van der Waals surface area contributed by atoms with E-state index in [1.165, 1.54) is 0 Å². The minimum absolute atomic E-state index is 0.0457. The molecular formula is C18H20O3S2. The van der Waals surface area contributed by atoms with E-state index in [-0.39, 0.29) is 11.3 Å². The van der Waals surface area contributed by atoms with Crippen LogP contribution in [0, 0.1) is 0 Å². The molecule has 5 heteroatoms. The van der Waals surface area contributed by atoms with Crippen LogP contribution in [0.25, 0.3) is 0 Å². The highest BCUT2D eigenvalue weighted by atomic mass is 32.1. The van der Waals surface area contributed by atoms with Gasteiger partial charge in [0.15, 0.2) is 16.4 Å². The number of hydrogen-bond donors (Lipinski definition) is 1. The Hall–Kier alpha value is -1.82. The first-order valence-corrected chi connectivity index (χ1v) is 8.02. The molecule has 0 aliphatic rings. The van der Waals surface area contributed by atoms with E-state index in [1.54, 1.807) is 12.1 Å². The number of aliphatic hydroxyl groups is 1. The van der Waals surface area contributed by atoms with E-state index in [4.69, 9.17) is 26.8 Å². The Labute approximate surface area is 147 Å². The number of thiocarbonyl (C=S) groups is 2. The zero-order valence-electron chi connectivity index (χ0n) is 13.1. The molecule has 0 saturated carbocycles. The number of benzene rings is 2. The van der Waals surface area contributed by atoms with E-state index >= 15 is 0 Å². The summed E-state index contributed by atoms with van der Waals surface area (Å²) >= 11 is 9.63. The smallest absolute Gasteiger partial charge is 0.198 e. The van der Waals surface area contributed by atoms with E-state index in [0.29, 0.717) is 17.2 Å². The molecule has 0 bridgehead atoms. The molecule has 2 aromatic carbocycles. The molecule has 3 nitrogen and oxygen atoms in total. The molecule has 0 aliphatic carbocycles. The van der Waals surface area contributed by atoms with Crippen LogP contribution in [0.4, 0.5) is 0 Å². The first kappa shape index (κ1) is 19.2. The molecule has 0 radical (unpaired) electrons. The Morgan fingerprint density at radius 1 is 0.957 bits per heavy atom. The highest BCUT2D eigenvalue weighted by Gasteiger charge is 2.06. The largest absolute Gasteiger partial charge is 0.499 e. The van der Waals surface area contributed by atoms with Gasteiger partial charge in [0, 0.05) is 17.7 Å². The van der Waals surface area contributed by atoms with Crippen molar-refractivity contribution in [2.75, 3.05) is 6.61 Å². The summed E-state index contributed by atoms with van der Waals surface area (Å²) in [5, 5.41) is 9.19. The predicted molar refractivity (Wildman–Crippen MR) is 101 cm³/mol. The van der Waals surface area contributed by atoms with Crippen LogP contribution in [0.1, 0.15) is 25.0 Å². The molecule has 2 aromatic rings. The van der Waals surface area contributed by atoms with Gasteiger partial charge in [-0.1, -0.05) is 60.7 Å². The summed E-state index contributed by atoms with van der Waals surface area (Å²) < 4.78 is 10.6. The SMILES string of the molecule is CCOC(C)OC(=S)c1ccccc1.OC(=S)c1ccccc1. The monoisotopic (exact) mass is 348 g/mol. The maximum absolute atomic E-state index is 8.76. The Balaban J connectivity index is 0.000000253. The second-order valence-corrected chi connectivity index (χ2v) is 5.22. The van der Waals surface area contributed by atoms with Crippen molar-refractivity contribution in [2.24, 2.45) is 0 Å². The van der Waals surface area contributed by atoms with E-state index in [1.807, 2.05) is 62.4 Å². The first-order chi connectivity index (χ1) is 11.0. The maximum atomic E-state index is 8.76. The minimum atomic E-state index is -0.285. The molecule has 0 amide bonds. The summed E-state index contributed by atoms with van der Waals surface area (Å²) in [5.41, 5.74) is 1.61. The number of rotatable bonds is 5. The summed E-state index contributed by atoms with van der Waals surface area (Å²) in [7, 11) is 0. The van der Waals surface area contributed by atoms with E-state index in [2.05, 4.69) is 12.2 Å². The molecule has 23 heavy (non-hydrogen) atoms. The summed E-state index contributed by atoms with van der Waals surface area (Å²) in [4.78, 5) is 0. The number of ether oxygens (including phenoxy) is 2. The Morgan fingerprint density at radius 3 is 1.83 bits per heavy atom. The molecule has 122 valence electrons. The molecule has 0 aromatic heterocycles. The van der Waals surface area contributed by atoms with Gasteiger partial charge >= 0.3 is 0 Å². The highest BCUT2D eigenvalue weighted by molar-refractivity contribution is 7.80. The molecule has 0 aliphatic heterocycles. The molecule has 1 N–H and O–H groups in total. The van der Waals surface area contributed by atoms with Crippen molar-refractivity contribution in [3.63, 3.8) is 0 Å². The van der Waals surface area contributed by atoms with Crippen LogP contribution in [-0.4, -0.2) is 28.1 Å². The normalized spacial score (nSPS) is 10.9. The van der Waals surface area contributed by atoms with Gasteiger partial charge < -0.3 is 14.6 Å². The Morgan fingerprint density at radius 2 is 1.43 bits per heavy atom. The van der Waals surface area contributed by atoms with Crippen molar-refractivity contribution in [3.8, 4) is 0 Å². The van der Waals surface area contributed by atoms with Gasteiger partial charge in [-0.3, -0.25) is 0 Å². The Bertz CT molecular complexity index is 600. The van der Waals surface area contributed by atoms with Crippen LogP contribution >= 0.6 is 24.4 Å². The molecule has 2 rings (SSSR count). The molecule has 0 saturated heterocycles. The van der Waals surface area contributed by atoms with Crippen LogP contribution in [0.15, 0.2) is 60.7 Å². The molecule has 0 fully saturated rings. The average Bonchev–Trinajstić information content (AvgIpc) is 2.57. The highest BCUT2D eigenvalue weighted by Crippen LogP contribution is 2.05. The fourth-order valence-corrected chi connectivity index (χ4v) is 2.05. The van der Waals surface area contributed by atoms with Crippen LogP contribution in [0.5, 0.6) is 0 Å². The third-order valence-electron chi connectivity index (χ3n) is 2.70. The lowest BCUT2D eigenvalue weighted by Crippen LogP contribution is -2.17. The van der Waals surface area contributed by atoms with Gasteiger partial charge in [-0.25, -0.2) is 0 Å². The van der Waals surface area contributed by atoms with Crippen LogP contribution < -0.4 is 0 Å². The third-order valence-corrected chi connectivity index (χ3v) is 3.27. The molecule has 1 atom stereocenters. The standard InChI is InChI=1S/C11H14O2S.C7H6OS/c1-3-12-9(2)13-11(14)10-7-5-4-6-8-10;8-7(9)6-4-2-1-3-5-6/h4-9H,3H2,1-2H3;1-5H,(H,8,9). The summed E-state index contributed by atoms with van der Waals surface area (Å²) in [6, 6.07) is 18.7. The summed E-state index contributed by atoms with van der Waals surface area (Å²) in [6.07, 6.45) is -0.285. The zero-order chi connectivity index (χ0) is 17.1. The van der Waals surface area contributed by atoms with Gasteiger partial charge in [0.25, 0.3) is 0 Å². The lowest BCUT2D eigenvalue weighted by atomic mass is 10.2. The van der Waals surface area contributed by atoms with E-state index in [9.17, 15) is 0 Å². The number of aliphatic hydroxyl groups excluding tert-OH is 1. The van der Waals surface area contributed by atoms with Crippen LogP contribution in [0.3, 0.4) is 0 Å². The summed E-state index contributed by atoms with van der Waals surface area (Å²) in [5.74, 6) is 0. The quantitative estimate of drug-likeness (QED) is 0.627. The van der Waals surface area contributed by atoms with Gasteiger partial charge in [-0.05, 0) is 38.3 Å². The van der Waals surface area contributed by atoms with Crippen LogP contribution in [0.2, 0.25) is 0 Å². The van der Waals surface area contributed by atoms with Gasteiger partial charge in [-0.15, -0.1) is 0 Å². The fourth-order valence-electron chi connectivity index (χ4n) is 1.64. The molecular weight excluding hydrogens is 328 g/mol. The second kappa shape index (κ2) is 10.8. The van der Waals surface area contributed by atoms with Gasteiger partial charge in [0.05, 0.1) is 0 Å². The van der Waals surface area contributed by atoms with Crippen molar-refractivity contribution in [1.29, 1.82) is 0 Å². The molecule has 0 spiro atoms. The Kier molecular flexibility index (Phi) is 9.05. The van der Waals surface area contributed by atoms with Gasteiger partial charge in [0.2, 0.25) is 0 Å². The zero-order valence-corrected chi connectivity index (χ0v) is 14.8. The lowest BCUT2D eigenvalue weighted by Gasteiger charge is -2.14. The van der Waals surface area contributed by atoms with Crippen molar-refractivity contribution < 1.29 is 14.6 Å². The van der Waals surface area contributed by atoms with Crippen molar-refractivity contribution in [1.82, 2.24) is 0 Å². The second-order valence-electron chi connectivity index (χ2n) is 4.47. The lowest BCUT2D eigenvalue weighted by molar-refractivity contribution is -0.0673. The predicted octanol–water partition coefficient (Wildman–Crippen LogP) is 4.68. The summed E-state index contributed by atoms with van der Waals surface area (Å²) in [6.45, 7) is 4.38. The molecule has 1 unspecified atom stereocenters. The van der Waals surface area contributed by atoms with Crippen LogP contribution in [-0.2, 0) is 9.47 Å². The number of hydrogen-bond acceptors (Lipinski definition) is 4. The van der Waals surface area contributed by atoms with E-state index < -0.39 is 0 Å². The van der Waals surface area contributed by atoms with Gasteiger partial charge in [-0.2, -0.15) is 0 Å². The third kappa shape index (κ3) is 7.83. The first-order valence-electron chi connectivity index (χ1n) is 7.20. The van der Waals surface area contributed by atoms with Crippen molar-refractivity contribution in [2.45, 2.75) is 20.1 Å². The minimum Gasteiger partial charge on any atom is -0.499 e. The van der Waals surface area contributed by atoms with Crippen molar-refractivity contribution in [3.05, 3.63) is 71.8 Å².